The normalized spacial score (nSPS) is 15.0. The molecule has 3 heterocycles. The first-order chi connectivity index (χ1) is 12.3. The molecule has 0 radical (unpaired) electrons. The second-order valence-electron chi connectivity index (χ2n) is 6.10. The van der Waals surface area contributed by atoms with Crippen LogP contribution in [0.4, 0.5) is 0 Å². The highest BCUT2D eigenvalue weighted by atomic mass is 16.2. The van der Waals surface area contributed by atoms with Crippen LogP contribution in [0.15, 0.2) is 48.8 Å². The van der Waals surface area contributed by atoms with Crippen molar-refractivity contribution in [2.75, 3.05) is 6.54 Å². The van der Waals surface area contributed by atoms with Crippen LogP contribution >= 0.6 is 0 Å². The molecule has 7 heteroatoms. The van der Waals surface area contributed by atoms with Gasteiger partial charge in [0.2, 0.25) is 0 Å². The molecule has 1 aliphatic heterocycles. The first-order valence-electron chi connectivity index (χ1n) is 8.51. The molecule has 3 aromatic rings. The van der Waals surface area contributed by atoms with Gasteiger partial charge < -0.3 is 9.47 Å². The Morgan fingerprint density at radius 2 is 2.00 bits per heavy atom. The summed E-state index contributed by atoms with van der Waals surface area (Å²) < 4.78 is 3.84. The largest absolute Gasteiger partial charge is 0.331 e. The number of nitrogens with zero attached hydrogens (tertiary/aromatic N) is 6. The zero-order chi connectivity index (χ0) is 17.2. The molecule has 1 atom stereocenters. The minimum atomic E-state index is -0.462. The standard InChI is InChI=1S/C18H20N6O/c1-2-15-20-21-16-13-22(11-12-23(15)16)18(25)17(24-10-6-9-19-24)14-7-4-3-5-8-14/h3-10,17H,2,11-13H2,1H3/t17-/m0/s1. The number of aromatic nitrogens is 5. The average molecular weight is 336 g/mol. The van der Waals surface area contributed by atoms with Crippen LogP contribution in [-0.2, 0) is 24.3 Å². The number of hydrogen-bond donors (Lipinski definition) is 0. The van der Waals surface area contributed by atoms with Gasteiger partial charge in [-0.05, 0) is 11.6 Å². The molecular weight excluding hydrogens is 316 g/mol. The van der Waals surface area contributed by atoms with Gasteiger partial charge in [0.25, 0.3) is 5.91 Å². The van der Waals surface area contributed by atoms with Crippen molar-refractivity contribution in [3.63, 3.8) is 0 Å². The first-order valence-corrected chi connectivity index (χ1v) is 8.51. The zero-order valence-corrected chi connectivity index (χ0v) is 14.1. The summed E-state index contributed by atoms with van der Waals surface area (Å²) in [6.45, 7) is 3.94. The second-order valence-corrected chi connectivity index (χ2v) is 6.10. The lowest BCUT2D eigenvalue weighted by Crippen LogP contribution is -2.43. The minimum Gasteiger partial charge on any atom is -0.331 e. The Bertz CT molecular complexity index is 855. The van der Waals surface area contributed by atoms with E-state index in [1.165, 1.54) is 0 Å². The van der Waals surface area contributed by atoms with Gasteiger partial charge >= 0.3 is 0 Å². The van der Waals surface area contributed by atoms with Gasteiger partial charge in [0, 0.05) is 31.9 Å². The zero-order valence-electron chi connectivity index (χ0n) is 14.1. The lowest BCUT2D eigenvalue weighted by molar-refractivity contribution is -0.135. The number of carbonyl (C=O) groups is 1. The van der Waals surface area contributed by atoms with E-state index < -0.39 is 6.04 Å². The lowest BCUT2D eigenvalue weighted by atomic mass is 10.1. The van der Waals surface area contributed by atoms with Crippen LogP contribution in [0.3, 0.4) is 0 Å². The van der Waals surface area contributed by atoms with Gasteiger partial charge in [0.05, 0.1) is 6.54 Å². The van der Waals surface area contributed by atoms with Gasteiger partial charge in [-0.1, -0.05) is 37.3 Å². The summed E-state index contributed by atoms with van der Waals surface area (Å²) in [6, 6.07) is 11.1. The molecular formula is C18H20N6O. The van der Waals surface area contributed by atoms with E-state index in [4.69, 9.17) is 0 Å². The van der Waals surface area contributed by atoms with Gasteiger partial charge in [-0.15, -0.1) is 10.2 Å². The number of benzene rings is 1. The average Bonchev–Trinajstić information content (AvgIpc) is 3.32. The molecule has 0 saturated carbocycles. The van der Waals surface area contributed by atoms with E-state index in [0.29, 0.717) is 13.1 Å². The highest BCUT2D eigenvalue weighted by Gasteiger charge is 2.31. The summed E-state index contributed by atoms with van der Waals surface area (Å²) in [4.78, 5) is 15.1. The third-order valence-corrected chi connectivity index (χ3v) is 4.60. The summed E-state index contributed by atoms with van der Waals surface area (Å²) in [7, 11) is 0. The van der Waals surface area contributed by atoms with Crippen LogP contribution in [-0.4, -0.2) is 41.9 Å². The molecule has 0 unspecified atom stereocenters. The molecule has 0 bridgehead atoms. The quantitative estimate of drug-likeness (QED) is 0.727. The van der Waals surface area contributed by atoms with Gasteiger partial charge in [-0.3, -0.25) is 9.48 Å². The fourth-order valence-electron chi connectivity index (χ4n) is 3.32. The Labute approximate surface area is 145 Å². The molecule has 4 rings (SSSR count). The van der Waals surface area contributed by atoms with E-state index in [1.54, 1.807) is 10.9 Å². The van der Waals surface area contributed by atoms with Crippen LogP contribution < -0.4 is 0 Å². The van der Waals surface area contributed by atoms with Crippen molar-refractivity contribution in [3.8, 4) is 0 Å². The summed E-state index contributed by atoms with van der Waals surface area (Å²) in [5.74, 6) is 1.86. The van der Waals surface area contributed by atoms with Crippen LogP contribution in [0.25, 0.3) is 0 Å². The van der Waals surface area contributed by atoms with E-state index in [1.807, 2.05) is 47.5 Å². The van der Waals surface area contributed by atoms with Gasteiger partial charge in [0.15, 0.2) is 11.9 Å². The highest BCUT2D eigenvalue weighted by molar-refractivity contribution is 5.83. The lowest BCUT2D eigenvalue weighted by Gasteiger charge is -2.31. The summed E-state index contributed by atoms with van der Waals surface area (Å²) in [6.07, 6.45) is 4.38. The fraction of sp³-hybridized carbons (Fsp3) is 0.333. The molecule has 0 spiro atoms. The van der Waals surface area contributed by atoms with Crippen molar-refractivity contribution in [2.45, 2.75) is 32.5 Å². The Kier molecular flexibility index (Phi) is 4.05. The van der Waals surface area contributed by atoms with Gasteiger partial charge in [-0.25, -0.2) is 0 Å². The molecule has 1 aromatic carbocycles. The Balaban J connectivity index is 1.63. The Morgan fingerprint density at radius 1 is 1.16 bits per heavy atom. The maximum absolute atomic E-state index is 13.3. The topological polar surface area (TPSA) is 68.8 Å². The van der Waals surface area contributed by atoms with Gasteiger partial charge in [0.1, 0.15) is 5.82 Å². The molecule has 1 aliphatic rings. The molecule has 7 nitrogen and oxygen atoms in total. The third kappa shape index (κ3) is 2.82. The number of aryl methyl sites for hydroxylation is 1. The summed E-state index contributed by atoms with van der Waals surface area (Å²) >= 11 is 0. The molecule has 0 aliphatic carbocycles. The molecule has 0 fully saturated rings. The van der Waals surface area contributed by atoms with Crippen LogP contribution in [0, 0.1) is 0 Å². The van der Waals surface area contributed by atoms with Crippen molar-refractivity contribution in [1.29, 1.82) is 0 Å². The van der Waals surface area contributed by atoms with E-state index in [9.17, 15) is 4.79 Å². The molecule has 0 saturated heterocycles. The number of fused-ring (bicyclic) bond motifs is 1. The third-order valence-electron chi connectivity index (χ3n) is 4.60. The SMILES string of the molecule is CCc1nnc2n1CCN(C(=O)[C@H](c1ccccc1)n1cccn1)C2. The maximum atomic E-state index is 13.3. The predicted molar refractivity (Wildman–Crippen MR) is 91.6 cm³/mol. The van der Waals surface area contributed by atoms with E-state index in [-0.39, 0.29) is 5.91 Å². The first kappa shape index (κ1) is 15.6. The maximum Gasteiger partial charge on any atom is 0.252 e. The number of hydrogen-bond acceptors (Lipinski definition) is 4. The van der Waals surface area contributed by atoms with E-state index in [0.717, 1.165) is 30.2 Å². The smallest absolute Gasteiger partial charge is 0.252 e. The number of amides is 1. The molecule has 128 valence electrons. The van der Waals surface area contributed by atoms with Crippen molar-refractivity contribution in [3.05, 3.63) is 66.0 Å². The molecule has 2 aromatic heterocycles. The monoisotopic (exact) mass is 336 g/mol. The van der Waals surface area contributed by atoms with Crippen molar-refractivity contribution >= 4 is 5.91 Å². The molecule has 0 N–H and O–H groups in total. The van der Waals surface area contributed by atoms with Gasteiger partial charge in [-0.2, -0.15) is 5.10 Å². The highest BCUT2D eigenvalue weighted by Crippen LogP contribution is 2.23. The van der Waals surface area contributed by atoms with E-state index in [2.05, 4.69) is 26.8 Å². The number of carbonyl (C=O) groups excluding carboxylic acids is 1. The Hall–Kier alpha value is -2.96. The van der Waals surface area contributed by atoms with Crippen molar-refractivity contribution in [2.24, 2.45) is 0 Å². The van der Waals surface area contributed by atoms with Crippen LogP contribution in [0.2, 0.25) is 0 Å². The summed E-state index contributed by atoms with van der Waals surface area (Å²) in [5, 5.41) is 12.8. The van der Waals surface area contributed by atoms with Crippen molar-refractivity contribution in [1.82, 2.24) is 29.4 Å². The Morgan fingerprint density at radius 3 is 2.72 bits per heavy atom. The minimum absolute atomic E-state index is 0.0298. The van der Waals surface area contributed by atoms with Crippen molar-refractivity contribution < 1.29 is 4.79 Å². The number of rotatable bonds is 4. The molecule has 25 heavy (non-hydrogen) atoms. The predicted octanol–water partition coefficient (Wildman–Crippen LogP) is 1.67. The van der Waals surface area contributed by atoms with E-state index >= 15 is 0 Å². The molecule has 1 amide bonds. The summed E-state index contributed by atoms with van der Waals surface area (Å²) in [5.41, 5.74) is 0.928. The fourth-order valence-corrected chi connectivity index (χ4v) is 3.32. The second kappa shape index (κ2) is 6.51. The van der Waals surface area contributed by atoms with Crippen LogP contribution in [0.1, 0.15) is 30.2 Å². The van der Waals surface area contributed by atoms with Crippen LogP contribution in [0.5, 0.6) is 0 Å².